The second-order valence-electron chi connectivity index (χ2n) is 5.37. The molecule has 1 aromatic carbocycles. The predicted octanol–water partition coefficient (Wildman–Crippen LogP) is 2.28. The minimum absolute atomic E-state index is 0.332. The van der Waals surface area contributed by atoms with Crippen LogP contribution in [0.4, 0.5) is 0 Å². The van der Waals surface area contributed by atoms with Crippen molar-refractivity contribution >= 4 is 0 Å². The van der Waals surface area contributed by atoms with Crippen molar-refractivity contribution in [1.29, 1.82) is 0 Å². The minimum atomic E-state index is 0.332. The first-order chi connectivity index (χ1) is 9.78. The maximum absolute atomic E-state index is 5.97. The zero-order valence-electron chi connectivity index (χ0n) is 12.4. The number of ether oxygens (including phenoxy) is 2. The van der Waals surface area contributed by atoms with E-state index in [0.717, 1.165) is 50.6 Å². The van der Waals surface area contributed by atoms with E-state index in [0.29, 0.717) is 12.6 Å². The zero-order chi connectivity index (χ0) is 14.2. The highest BCUT2D eigenvalue weighted by Crippen LogP contribution is 2.18. The van der Waals surface area contributed by atoms with Gasteiger partial charge in [-0.2, -0.15) is 0 Å². The summed E-state index contributed by atoms with van der Waals surface area (Å²) in [5.74, 6) is 1.80. The molecule has 112 valence electrons. The van der Waals surface area contributed by atoms with Gasteiger partial charge < -0.3 is 15.2 Å². The molecule has 0 spiro atoms. The van der Waals surface area contributed by atoms with Crippen LogP contribution in [0.25, 0.3) is 0 Å². The molecular weight excluding hydrogens is 252 g/mol. The van der Waals surface area contributed by atoms with Crippen LogP contribution in [0.3, 0.4) is 0 Å². The number of nitrogens with two attached hydrogens (primary N) is 1. The van der Waals surface area contributed by atoms with Crippen molar-refractivity contribution in [1.82, 2.24) is 4.90 Å². The fraction of sp³-hybridized carbons (Fsp3) is 0.625. The van der Waals surface area contributed by atoms with Gasteiger partial charge in [0, 0.05) is 19.1 Å². The Morgan fingerprint density at radius 2 is 1.80 bits per heavy atom. The first-order valence-electron chi connectivity index (χ1n) is 7.61. The number of rotatable bonds is 7. The van der Waals surface area contributed by atoms with E-state index in [9.17, 15) is 0 Å². The highest BCUT2D eigenvalue weighted by Gasteiger charge is 2.15. The molecule has 0 bridgehead atoms. The highest BCUT2D eigenvalue weighted by molar-refractivity contribution is 5.31. The lowest BCUT2D eigenvalue weighted by atomic mass is 10.1. The van der Waals surface area contributed by atoms with Crippen molar-refractivity contribution in [3.8, 4) is 11.5 Å². The summed E-state index contributed by atoms with van der Waals surface area (Å²) in [7, 11) is 0. The van der Waals surface area contributed by atoms with E-state index < -0.39 is 0 Å². The lowest BCUT2D eigenvalue weighted by Gasteiger charge is -2.30. The van der Waals surface area contributed by atoms with Gasteiger partial charge in [-0.05, 0) is 50.1 Å². The average molecular weight is 278 g/mol. The summed E-state index contributed by atoms with van der Waals surface area (Å²) < 4.78 is 11.3. The van der Waals surface area contributed by atoms with Gasteiger partial charge in [0.05, 0.1) is 6.61 Å². The van der Waals surface area contributed by atoms with Gasteiger partial charge in [-0.1, -0.05) is 6.92 Å². The largest absolute Gasteiger partial charge is 0.494 e. The van der Waals surface area contributed by atoms with Gasteiger partial charge in [-0.3, -0.25) is 4.90 Å². The number of nitrogens with zero attached hydrogens (tertiary/aromatic N) is 1. The van der Waals surface area contributed by atoms with Gasteiger partial charge in [0.2, 0.25) is 0 Å². The number of likely N-dealkylation sites (tertiary alicyclic amines) is 1. The van der Waals surface area contributed by atoms with E-state index in [-0.39, 0.29) is 0 Å². The number of hydrogen-bond acceptors (Lipinski definition) is 4. The van der Waals surface area contributed by atoms with E-state index in [2.05, 4.69) is 11.8 Å². The predicted molar refractivity (Wildman–Crippen MR) is 81.4 cm³/mol. The van der Waals surface area contributed by atoms with Crippen LogP contribution < -0.4 is 15.2 Å². The van der Waals surface area contributed by atoms with Crippen LogP contribution >= 0.6 is 0 Å². The van der Waals surface area contributed by atoms with Crippen molar-refractivity contribution in [2.45, 2.75) is 32.2 Å². The molecular formula is C16H26N2O2. The fourth-order valence-corrected chi connectivity index (χ4v) is 2.44. The van der Waals surface area contributed by atoms with E-state index in [1.807, 2.05) is 24.3 Å². The standard InChI is InChI=1S/C16H26N2O2/c1-2-11-19-15-5-7-16(8-6-15)20-12-10-18-9-3-4-14(17)13-18/h5-8,14H,2-4,9-13,17H2,1H3/t14-/m1/s1. The monoisotopic (exact) mass is 278 g/mol. The van der Waals surface area contributed by atoms with Gasteiger partial charge >= 0.3 is 0 Å². The number of piperidine rings is 1. The molecule has 20 heavy (non-hydrogen) atoms. The van der Waals surface area contributed by atoms with Gasteiger partial charge in [-0.25, -0.2) is 0 Å². The third-order valence-electron chi connectivity index (χ3n) is 3.51. The maximum atomic E-state index is 5.97. The van der Waals surface area contributed by atoms with Crippen molar-refractivity contribution in [2.75, 3.05) is 32.8 Å². The Balaban J connectivity index is 1.68. The Hall–Kier alpha value is -1.26. The molecule has 2 rings (SSSR count). The topological polar surface area (TPSA) is 47.7 Å². The molecule has 1 aliphatic rings. The molecule has 0 unspecified atom stereocenters. The van der Waals surface area contributed by atoms with Crippen LogP contribution in [0.2, 0.25) is 0 Å². The summed E-state index contributed by atoms with van der Waals surface area (Å²) in [6.45, 7) is 6.65. The average Bonchev–Trinajstić information content (AvgIpc) is 2.46. The highest BCUT2D eigenvalue weighted by atomic mass is 16.5. The lowest BCUT2D eigenvalue weighted by molar-refractivity contribution is 0.171. The molecule has 4 nitrogen and oxygen atoms in total. The van der Waals surface area contributed by atoms with Crippen LogP contribution in [-0.4, -0.2) is 43.8 Å². The van der Waals surface area contributed by atoms with E-state index in [4.69, 9.17) is 15.2 Å². The van der Waals surface area contributed by atoms with Gasteiger partial charge in [0.15, 0.2) is 0 Å². The SMILES string of the molecule is CCCOc1ccc(OCCN2CCC[C@@H](N)C2)cc1. The van der Waals surface area contributed by atoms with Crippen molar-refractivity contribution in [3.63, 3.8) is 0 Å². The van der Waals surface area contributed by atoms with Crippen molar-refractivity contribution in [3.05, 3.63) is 24.3 Å². The first kappa shape index (κ1) is 15.1. The molecule has 0 aromatic heterocycles. The number of benzene rings is 1. The van der Waals surface area contributed by atoms with Crippen LogP contribution in [0.15, 0.2) is 24.3 Å². The third-order valence-corrected chi connectivity index (χ3v) is 3.51. The molecule has 0 radical (unpaired) electrons. The minimum Gasteiger partial charge on any atom is -0.494 e. The smallest absolute Gasteiger partial charge is 0.119 e. The lowest BCUT2D eigenvalue weighted by Crippen LogP contribution is -2.44. The molecule has 0 aliphatic carbocycles. The summed E-state index contributed by atoms with van der Waals surface area (Å²) in [5, 5.41) is 0. The summed E-state index contributed by atoms with van der Waals surface area (Å²) in [5.41, 5.74) is 5.97. The zero-order valence-corrected chi connectivity index (χ0v) is 12.4. The Bertz CT molecular complexity index is 381. The Labute approximate surface area is 121 Å². The Morgan fingerprint density at radius 1 is 1.15 bits per heavy atom. The molecule has 0 amide bonds. The van der Waals surface area contributed by atoms with Gasteiger partial charge in [0.25, 0.3) is 0 Å². The summed E-state index contributed by atoms with van der Waals surface area (Å²) in [6, 6.07) is 8.18. The summed E-state index contributed by atoms with van der Waals surface area (Å²) in [4.78, 5) is 2.38. The molecule has 1 atom stereocenters. The van der Waals surface area contributed by atoms with Crippen molar-refractivity contribution < 1.29 is 9.47 Å². The van der Waals surface area contributed by atoms with Crippen LogP contribution in [-0.2, 0) is 0 Å². The van der Waals surface area contributed by atoms with Crippen LogP contribution in [0.1, 0.15) is 26.2 Å². The fourth-order valence-electron chi connectivity index (χ4n) is 2.44. The molecule has 2 N–H and O–H groups in total. The summed E-state index contributed by atoms with van der Waals surface area (Å²) in [6.07, 6.45) is 3.37. The van der Waals surface area contributed by atoms with E-state index >= 15 is 0 Å². The molecule has 1 fully saturated rings. The van der Waals surface area contributed by atoms with Crippen LogP contribution in [0, 0.1) is 0 Å². The number of hydrogen-bond donors (Lipinski definition) is 1. The molecule has 1 heterocycles. The second kappa shape index (κ2) is 8.12. The molecule has 4 heteroatoms. The second-order valence-corrected chi connectivity index (χ2v) is 5.37. The molecule has 0 saturated carbocycles. The Morgan fingerprint density at radius 3 is 2.40 bits per heavy atom. The van der Waals surface area contributed by atoms with E-state index in [1.54, 1.807) is 0 Å². The Kier molecular flexibility index (Phi) is 6.15. The molecule has 1 saturated heterocycles. The van der Waals surface area contributed by atoms with Crippen molar-refractivity contribution in [2.24, 2.45) is 5.73 Å². The normalized spacial score (nSPS) is 19.8. The van der Waals surface area contributed by atoms with Gasteiger partial charge in [0.1, 0.15) is 18.1 Å². The third kappa shape index (κ3) is 5.02. The molecule has 1 aliphatic heterocycles. The van der Waals surface area contributed by atoms with Gasteiger partial charge in [-0.15, -0.1) is 0 Å². The summed E-state index contributed by atoms with van der Waals surface area (Å²) >= 11 is 0. The quantitative estimate of drug-likeness (QED) is 0.831. The van der Waals surface area contributed by atoms with E-state index in [1.165, 1.54) is 6.42 Å². The first-order valence-corrected chi connectivity index (χ1v) is 7.61. The van der Waals surface area contributed by atoms with Crippen LogP contribution in [0.5, 0.6) is 11.5 Å². The molecule has 1 aromatic rings. The maximum Gasteiger partial charge on any atom is 0.119 e.